The molecule has 0 bridgehead atoms. The van der Waals surface area contributed by atoms with Gasteiger partial charge in [0.1, 0.15) is 36.6 Å². The Morgan fingerprint density at radius 2 is 0.684 bits per heavy atom. The Bertz CT molecular complexity index is 895. The average Bonchev–Trinajstić information content (AvgIpc) is 2.96. The molecule has 2 aromatic carbocycles. The second-order valence-electron chi connectivity index (χ2n) is 8.87. The van der Waals surface area contributed by atoms with Gasteiger partial charge in [-0.25, -0.2) is 0 Å². The Kier molecular flexibility index (Phi) is 13.2. The first-order chi connectivity index (χ1) is 18.7. The molecule has 0 aliphatic heterocycles. The van der Waals surface area contributed by atoms with Crippen molar-refractivity contribution >= 4 is 0 Å². The molecule has 6 heteroatoms. The maximum Gasteiger partial charge on any atom is 0.116 e. The molecule has 2 aromatic rings. The molecular formula is C32H40O6. The van der Waals surface area contributed by atoms with Crippen molar-refractivity contribution in [3.05, 3.63) is 122 Å². The van der Waals surface area contributed by atoms with Crippen LogP contribution in [0.25, 0.3) is 0 Å². The van der Waals surface area contributed by atoms with Gasteiger partial charge in [-0.15, -0.1) is 26.3 Å². The summed E-state index contributed by atoms with van der Waals surface area (Å²) in [4.78, 5) is 0. The fraction of sp³-hybridized carbons (Fsp3) is 0.375. The summed E-state index contributed by atoms with van der Waals surface area (Å²) in [6.45, 7) is 17.3. The summed E-state index contributed by atoms with van der Waals surface area (Å²) in [7, 11) is 0. The van der Waals surface area contributed by atoms with Gasteiger partial charge in [-0.1, -0.05) is 85.0 Å². The van der Waals surface area contributed by atoms with Gasteiger partial charge in [0.05, 0.1) is 39.6 Å². The summed E-state index contributed by atoms with van der Waals surface area (Å²) in [5, 5.41) is 0. The smallest absolute Gasteiger partial charge is 0.116 e. The van der Waals surface area contributed by atoms with Crippen LogP contribution in [0.1, 0.15) is 11.1 Å². The highest BCUT2D eigenvalue weighted by Gasteiger charge is 2.54. The highest BCUT2D eigenvalue weighted by molar-refractivity contribution is 5.15. The predicted molar refractivity (Wildman–Crippen MR) is 150 cm³/mol. The molecule has 2 unspecified atom stereocenters. The monoisotopic (exact) mass is 520 g/mol. The summed E-state index contributed by atoms with van der Waals surface area (Å²) in [6.07, 6.45) is 3.63. The SMILES string of the molecule is C=CCOC1[C@@H](OCc2ccccc2)[C@@H](OCC=C)C(OCC=C)[C@H](OCC=C)[C@H]1OCc1ccccc1. The van der Waals surface area contributed by atoms with Crippen LogP contribution in [0.4, 0.5) is 0 Å². The molecule has 0 spiro atoms. The first kappa shape index (κ1) is 29.7. The third-order valence-electron chi connectivity index (χ3n) is 6.14. The largest absolute Gasteiger partial charge is 0.369 e. The van der Waals surface area contributed by atoms with Crippen molar-refractivity contribution < 1.29 is 28.4 Å². The van der Waals surface area contributed by atoms with Crippen LogP contribution in [0.3, 0.4) is 0 Å². The lowest BCUT2D eigenvalue weighted by Gasteiger charge is -2.49. The Morgan fingerprint density at radius 1 is 0.421 bits per heavy atom. The summed E-state index contributed by atoms with van der Waals surface area (Å²) < 4.78 is 38.4. The van der Waals surface area contributed by atoms with Gasteiger partial charge < -0.3 is 28.4 Å². The van der Waals surface area contributed by atoms with Crippen molar-refractivity contribution in [3.8, 4) is 0 Å². The van der Waals surface area contributed by atoms with Crippen molar-refractivity contribution in [2.24, 2.45) is 0 Å². The minimum Gasteiger partial charge on any atom is -0.369 e. The predicted octanol–water partition coefficient (Wildman–Crippen LogP) is 5.46. The van der Waals surface area contributed by atoms with Crippen LogP contribution in [0.15, 0.2) is 111 Å². The van der Waals surface area contributed by atoms with E-state index in [1.54, 1.807) is 24.3 Å². The molecule has 0 heterocycles. The lowest BCUT2D eigenvalue weighted by Crippen LogP contribution is -2.67. The molecule has 1 saturated carbocycles. The first-order valence-electron chi connectivity index (χ1n) is 12.9. The van der Waals surface area contributed by atoms with E-state index in [1.165, 1.54) is 0 Å². The van der Waals surface area contributed by atoms with Gasteiger partial charge in [0, 0.05) is 0 Å². The van der Waals surface area contributed by atoms with Gasteiger partial charge in [-0.2, -0.15) is 0 Å². The van der Waals surface area contributed by atoms with E-state index in [9.17, 15) is 0 Å². The van der Waals surface area contributed by atoms with E-state index in [1.807, 2.05) is 60.7 Å². The number of hydrogen-bond acceptors (Lipinski definition) is 6. The summed E-state index contributed by atoms with van der Waals surface area (Å²) in [5.41, 5.74) is 2.07. The van der Waals surface area contributed by atoms with Crippen molar-refractivity contribution in [1.82, 2.24) is 0 Å². The second kappa shape index (κ2) is 16.9. The molecule has 0 radical (unpaired) electrons. The number of hydrogen-bond donors (Lipinski definition) is 0. The molecule has 1 fully saturated rings. The van der Waals surface area contributed by atoms with Crippen molar-refractivity contribution in [1.29, 1.82) is 0 Å². The van der Waals surface area contributed by atoms with Crippen LogP contribution in [0, 0.1) is 0 Å². The number of benzene rings is 2. The van der Waals surface area contributed by atoms with Gasteiger partial charge in [0.2, 0.25) is 0 Å². The quantitative estimate of drug-likeness (QED) is 0.244. The Hall–Kier alpha value is -2.84. The number of ether oxygens (including phenoxy) is 6. The van der Waals surface area contributed by atoms with E-state index < -0.39 is 36.6 Å². The van der Waals surface area contributed by atoms with E-state index in [2.05, 4.69) is 26.3 Å². The minimum absolute atomic E-state index is 0.307. The molecule has 0 aromatic heterocycles. The zero-order valence-corrected chi connectivity index (χ0v) is 22.1. The zero-order valence-electron chi connectivity index (χ0n) is 22.1. The second-order valence-corrected chi connectivity index (χ2v) is 8.87. The van der Waals surface area contributed by atoms with Gasteiger partial charge in [0.15, 0.2) is 0 Å². The summed E-state index contributed by atoms with van der Waals surface area (Å²) >= 11 is 0. The maximum atomic E-state index is 6.55. The standard InChI is InChI=1S/C32H40O6/c1-5-19-33-27-28(34-20-6-2)31(37-23-25-15-11-9-12-16-25)30(36-22-8-4)32(29(27)35-21-7-3)38-24-26-17-13-10-14-18-26/h5-18,27-32H,1-4,19-24H2/t27?,28-,29-,30?,31-,32+/m0/s1. The zero-order chi connectivity index (χ0) is 27.0. The number of rotatable bonds is 18. The molecule has 0 N–H and O–H groups in total. The van der Waals surface area contributed by atoms with Crippen LogP contribution in [-0.4, -0.2) is 63.1 Å². The molecule has 1 aliphatic carbocycles. The van der Waals surface area contributed by atoms with Crippen molar-refractivity contribution in [2.45, 2.75) is 49.8 Å². The highest BCUT2D eigenvalue weighted by Crippen LogP contribution is 2.35. The Balaban J connectivity index is 2.00. The lowest BCUT2D eigenvalue weighted by molar-refractivity contribution is -0.279. The fourth-order valence-electron chi connectivity index (χ4n) is 4.51. The lowest BCUT2D eigenvalue weighted by atomic mass is 9.83. The van der Waals surface area contributed by atoms with Crippen LogP contribution in [-0.2, 0) is 41.6 Å². The average molecular weight is 521 g/mol. The first-order valence-corrected chi connectivity index (χ1v) is 12.9. The third-order valence-corrected chi connectivity index (χ3v) is 6.14. The topological polar surface area (TPSA) is 55.4 Å². The van der Waals surface area contributed by atoms with Crippen LogP contribution in [0.2, 0.25) is 0 Å². The van der Waals surface area contributed by atoms with Gasteiger partial charge in [-0.3, -0.25) is 0 Å². The molecule has 0 saturated heterocycles. The van der Waals surface area contributed by atoms with E-state index >= 15 is 0 Å². The van der Waals surface area contributed by atoms with Crippen LogP contribution < -0.4 is 0 Å². The van der Waals surface area contributed by atoms with Gasteiger partial charge in [0.25, 0.3) is 0 Å². The van der Waals surface area contributed by atoms with E-state index in [-0.39, 0.29) is 0 Å². The molecular weight excluding hydrogens is 480 g/mol. The van der Waals surface area contributed by atoms with Crippen LogP contribution >= 0.6 is 0 Å². The Labute approximate surface area is 227 Å². The van der Waals surface area contributed by atoms with E-state index in [0.29, 0.717) is 39.6 Å². The molecule has 1 aliphatic rings. The minimum atomic E-state index is -0.534. The molecule has 6 atom stereocenters. The van der Waals surface area contributed by atoms with Crippen molar-refractivity contribution in [3.63, 3.8) is 0 Å². The molecule has 204 valence electrons. The summed E-state index contributed by atoms with van der Waals surface area (Å²) in [5.74, 6) is 0. The molecule has 0 amide bonds. The Morgan fingerprint density at radius 3 is 0.947 bits per heavy atom. The molecule has 38 heavy (non-hydrogen) atoms. The van der Waals surface area contributed by atoms with E-state index in [0.717, 1.165) is 11.1 Å². The summed E-state index contributed by atoms with van der Waals surface area (Å²) in [6, 6.07) is 20.0. The van der Waals surface area contributed by atoms with Crippen LogP contribution in [0.5, 0.6) is 0 Å². The van der Waals surface area contributed by atoms with Gasteiger partial charge in [-0.05, 0) is 11.1 Å². The molecule has 6 nitrogen and oxygen atoms in total. The van der Waals surface area contributed by atoms with E-state index in [4.69, 9.17) is 28.4 Å². The van der Waals surface area contributed by atoms with Gasteiger partial charge >= 0.3 is 0 Å². The molecule has 3 rings (SSSR count). The fourth-order valence-corrected chi connectivity index (χ4v) is 4.51. The highest BCUT2D eigenvalue weighted by atomic mass is 16.6. The normalized spacial score (nSPS) is 24.9. The van der Waals surface area contributed by atoms with Crippen molar-refractivity contribution in [2.75, 3.05) is 26.4 Å². The maximum absolute atomic E-state index is 6.55. The third kappa shape index (κ3) is 8.60.